The Bertz CT molecular complexity index is 3190. The summed E-state index contributed by atoms with van der Waals surface area (Å²) >= 11 is 3.68. The predicted octanol–water partition coefficient (Wildman–Crippen LogP) is 13.3. The number of hydrogen-bond donors (Lipinski definition) is 1. The van der Waals surface area contributed by atoms with Crippen molar-refractivity contribution >= 4 is 81.7 Å². The Morgan fingerprint density at radius 2 is 1.00 bits per heavy atom. The summed E-state index contributed by atoms with van der Waals surface area (Å²) in [6.45, 7) is 0. The first-order valence-corrected chi connectivity index (χ1v) is 18.0. The Hall–Kier alpha value is -6.50. The van der Waals surface area contributed by atoms with E-state index in [0.29, 0.717) is 5.82 Å². The van der Waals surface area contributed by atoms with E-state index < -0.39 is 0 Å². The highest BCUT2D eigenvalue weighted by molar-refractivity contribution is 9.10. The second-order valence-electron chi connectivity index (χ2n) is 13.1. The molecule has 11 aromatic rings. The molecule has 244 valence electrons. The molecule has 0 spiro atoms. The standard InChI is InChI=1S/C46H26BrN3O2/c47-30-23-24-38-37(25-30)41-42(28-19-15-26(16-20-28)31-9-5-11-35-33-7-1-3-13-39(33)51-43(31)35)49-45(50-46(41)48-38)29-21-17-27(18-22-29)32-10-6-12-36-34-8-2-4-14-40(34)52-44(32)36/h1-25H,(H,48,49,50). The maximum atomic E-state index is 6.36. The molecule has 0 unspecified atom stereocenters. The van der Waals surface area contributed by atoms with Crippen LogP contribution in [0.3, 0.4) is 0 Å². The fraction of sp³-hybridized carbons (Fsp3) is 0. The van der Waals surface area contributed by atoms with Crippen LogP contribution < -0.4 is 0 Å². The van der Waals surface area contributed by atoms with Gasteiger partial charge in [0.15, 0.2) is 5.82 Å². The van der Waals surface area contributed by atoms with Gasteiger partial charge in [0.2, 0.25) is 0 Å². The zero-order valence-electron chi connectivity index (χ0n) is 27.5. The van der Waals surface area contributed by atoms with Crippen LogP contribution >= 0.6 is 15.9 Å². The molecule has 0 aliphatic heterocycles. The van der Waals surface area contributed by atoms with Gasteiger partial charge < -0.3 is 13.8 Å². The van der Waals surface area contributed by atoms with Gasteiger partial charge in [0.25, 0.3) is 0 Å². The molecule has 0 atom stereocenters. The molecule has 52 heavy (non-hydrogen) atoms. The summed E-state index contributed by atoms with van der Waals surface area (Å²) in [7, 11) is 0. The van der Waals surface area contributed by atoms with Gasteiger partial charge in [-0.2, -0.15) is 0 Å². The Kier molecular flexibility index (Phi) is 6.33. The van der Waals surface area contributed by atoms with Gasteiger partial charge in [-0.3, -0.25) is 0 Å². The monoisotopic (exact) mass is 731 g/mol. The van der Waals surface area contributed by atoms with Crippen LogP contribution in [-0.4, -0.2) is 15.0 Å². The molecule has 6 heteroatoms. The number of benzene rings is 7. The van der Waals surface area contributed by atoms with Crippen molar-refractivity contribution in [1.29, 1.82) is 0 Å². The minimum Gasteiger partial charge on any atom is -0.455 e. The van der Waals surface area contributed by atoms with E-state index in [0.717, 1.165) is 109 Å². The zero-order chi connectivity index (χ0) is 34.3. The molecule has 0 amide bonds. The number of para-hydroxylation sites is 4. The molecule has 0 saturated heterocycles. The van der Waals surface area contributed by atoms with Gasteiger partial charge in [-0.25, -0.2) is 9.97 Å². The molecule has 0 fully saturated rings. The van der Waals surface area contributed by atoms with Crippen LogP contribution in [0.2, 0.25) is 0 Å². The van der Waals surface area contributed by atoms with Gasteiger partial charge in [0, 0.05) is 59.2 Å². The summed E-state index contributed by atoms with van der Waals surface area (Å²) in [6.07, 6.45) is 0. The number of nitrogens with one attached hydrogen (secondary N) is 1. The number of nitrogens with zero attached hydrogens (tertiary/aromatic N) is 2. The minimum atomic E-state index is 0.651. The van der Waals surface area contributed by atoms with E-state index in [1.54, 1.807) is 0 Å². The molecule has 4 aromatic heterocycles. The highest BCUT2D eigenvalue weighted by Gasteiger charge is 2.19. The lowest BCUT2D eigenvalue weighted by Gasteiger charge is -2.10. The van der Waals surface area contributed by atoms with Crippen molar-refractivity contribution in [1.82, 2.24) is 15.0 Å². The third-order valence-electron chi connectivity index (χ3n) is 10.1. The van der Waals surface area contributed by atoms with Crippen LogP contribution in [-0.2, 0) is 0 Å². The molecule has 0 aliphatic carbocycles. The van der Waals surface area contributed by atoms with E-state index in [4.69, 9.17) is 18.8 Å². The predicted molar refractivity (Wildman–Crippen MR) is 215 cm³/mol. The first kappa shape index (κ1) is 29.3. The van der Waals surface area contributed by atoms with Gasteiger partial charge in [0.1, 0.15) is 28.0 Å². The minimum absolute atomic E-state index is 0.651. The molecule has 4 heterocycles. The number of fused-ring (bicyclic) bond motifs is 9. The molecule has 1 N–H and O–H groups in total. The van der Waals surface area contributed by atoms with Crippen LogP contribution in [0, 0.1) is 0 Å². The summed E-state index contributed by atoms with van der Waals surface area (Å²) in [4.78, 5) is 13.9. The molecule has 7 aromatic carbocycles. The average Bonchev–Trinajstić information content (AvgIpc) is 3.89. The Morgan fingerprint density at radius 3 is 1.62 bits per heavy atom. The zero-order valence-corrected chi connectivity index (χ0v) is 29.1. The Labute approximate surface area is 305 Å². The molecule has 0 radical (unpaired) electrons. The normalized spacial score (nSPS) is 11.9. The fourth-order valence-electron chi connectivity index (χ4n) is 7.66. The van der Waals surface area contributed by atoms with E-state index in [1.807, 2.05) is 36.4 Å². The number of rotatable bonds is 4. The highest BCUT2D eigenvalue weighted by atomic mass is 79.9. The van der Waals surface area contributed by atoms with Crippen molar-refractivity contribution in [2.45, 2.75) is 0 Å². The van der Waals surface area contributed by atoms with Crippen LogP contribution in [0.15, 0.2) is 165 Å². The van der Waals surface area contributed by atoms with Crippen LogP contribution in [0.25, 0.3) is 111 Å². The Balaban J connectivity index is 1.03. The lowest BCUT2D eigenvalue weighted by molar-refractivity contribution is 0.669. The van der Waals surface area contributed by atoms with E-state index in [2.05, 4.69) is 136 Å². The van der Waals surface area contributed by atoms with E-state index in [9.17, 15) is 0 Å². The average molecular weight is 733 g/mol. The van der Waals surface area contributed by atoms with Crippen molar-refractivity contribution in [3.63, 3.8) is 0 Å². The molecular formula is C46H26BrN3O2. The number of aromatic amines is 1. The SMILES string of the molecule is Brc1ccc2[nH]c3nc(-c4ccc(-c5cccc6c5oc5ccccc56)cc4)nc(-c4ccc(-c5cccc6c5oc5ccccc56)cc4)c3c2c1. The second-order valence-corrected chi connectivity index (χ2v) is 14.1. The molecule has 11 rings (SSSR count). The van der Waals surface area contributed by atoms with Crippen LogP contribution in [0.5, 0.6) is 0 Å². The van der Waals surface area contributed by atoms with Crippen molar-refractivity contribution < 1.29 is 8.83 Å². The third kappa shape index (κ3) is 4.48. The highest BCUT2D eigenvalue weighted by Crippen LogP contribution is 2.40. The summed E-state index contributed by atoms with van der Waals surface area (Å²) in [5.41, 5.74) is 12.4. The van der Waals surface area contributed by atoms with Gasteiger partial charge in [-0.1, -0.05) is 137 Å². The van der Waals surface area contributed by atoms with Gasteiger partial charge >= 0.3 is 0 Å². The van der Waals surface area contributed by atoms with Crippen molar-refractivity contribution in [2.75, 3.05) is 0 Å². The molecule has 0 saturated carbocycles. The van der Waals surface area contributed by atoms with Gasteiger partial charge in [-0.15, -0.1) is 0 Å². The number of halogens is 1. The molecular weight excluding hydrogens is 706 g/mol. The van der Waals surface area contributed by atoms with Gasteiger partial charge in [0.05, 0.1) is 11.1 Å². The van der Waals surface area contributed by atoms with Gasteiger partial charge in [-0.05, 0) is 41.5 Å². The second kappa shape index (κ2) is 11.3. The third-order valence-corrected chi connectivity index (χ3v) is 10.6. The number of hydrogen-bond acceptors (Lipinski definition) is 4. The lowest BCUT2D eigenvalue weighted by atomic mass is 9.99. The number of H-pyrrole nitrogens is 1. The first-order chi connectivity index (χ1) is 25.7. The topological polar surface area (TPSA) is 67.8 Å². The maximum Gasteiger partial charge on any atom is 0.162 e. The summed E-state index contributed by atoms with van der Waals surface area (Å²) in [5.74, 6) is 0.651. The van der Waals surface area contributed by atoms with Crippen LogP contribution in [0.4, 0.5) is 0 Å². The van der Waals surface area contributed by atoms with Crippen molar-refractivity contribution in [3.05, 3.63) is 156 Å². The number of aromatic nitrogens is 3. The molecule has 0 bridgehead atoms. The quantitative estimate of drug-likeness (QED) is 0.196. The smallest absolute Gasteiger partial charge is 0.162 e. The molecule has 0 aliphatic rings. The lowest BCUT2D eigenvalue weighted by Crippen LogP contribution is -1.95. The Morgan fingerprint density at radius 1 is 0.462 bits per heavy atom. The van der Waals surface area contributed by atoms with E-state index >= 15 is 0 Å². The van der Waals surface area contributed by atoms with E-state index in [1.165, 1.54) is 0 Å². The number of furan rings is 2. The largest absolute Gasteiger partial charge is 0.455 e. The first-order valence-electron chi connectivity index (χ1n) is 17.2. The summed E-state index contributed by atoms with van der Waals surface area (Å²) in [6, 6.07) is 52.3. The van der Waals surface area contributed by atoms with E-state index in [-0.39, 0.29) is 0 Å². The summed E-state index contributed by atoms with van der Waals surface area (Å²) in [5, 5.41) is 6.52. The fourth-order valence-corrected chi connectivity index (χ4v) is 8.02. The maximum absolute atomic E-state index is 6.36. The summed E-state index contributed by atoms with van der Waals surface area (Å²) < 4.78 is 13.7. The van der Waals surface area contributed by atoms with Crippen molar-refractivity contribution in [3.8, 4) is 44.9 Å². The molecule has 5 nitrogen and oxygen atoms in total. The van der Waals surface area contributed by atoms with Crippen LogP contribution in [0.1, 0.15) is 0 Å². The van der Waals surface area contributed by atoms with Crippen molar-refractivity contribution in [2.24, 2.45) is 0 Å².